The van der Waals surface area contributed by atoms with E-state index in [0.29, 0.717) is 32.8 Å². The summed E-state index contributed by atoms with van der Waals surface area (Å²) in [6, 6.07) is 15.7. The Balaban J connectivity index is 1.43. The number of aromatic nitrogens is 2. The number of hydrogen-bond acceptors (Lipinski definition) is 6. The Morgan fingerprint density at radius 1 is 1.03 bits per heavy atom. The van der Waals surface area contributed by atoms with Crippen LogP contribution >= 0.6 is 24.0 Å². The summed E-state index contributed by atoms with van der Waals surface area (Å²) in [6.07, 6.45) is 7.25. The Labute approximate surface area is 201 Å². The Kier molecular flexibility index (Phi) is 6.28. The van der Waals surface area contributed by atoms with Crippen LogP contribution in [0.5, 0.6) is 0 Å². The van der Waals surface area contributed by atoms with Crippen molar-refractivity contribution < 1.29 is 4.79 Å². The van der Waals surface area contributed by atoms with Gasteiger partial charge in [0.15, 0.2) is 0 Å². The van der Waals surface area contributed by atoms with E-state index in [1.54, 1.807) is 17.2 Å². The van der Waals surface area contributed by atoms with Gasteiger partial charge in [-0.2, -0.15) is 0 Å². The molecule has 33 heavy (non-hydrogen) atoms. The molecule has 168 valence electrons. The van der Waals surface area contributed by atoms with E-state index >= 15 is 0 Å². The van der Waals surface area contributed by atoms with Crippen LogP contribution in [-0.4, -0.2) is 44.1 Å². The highest BCUT2D eigenvalue weighted by atomic mass is 32.2. The molecule has 1 aromatic carbocycles. The van der Waals surface area contributed by atoms with Crippen molar-refractivity contribution in [2.75, 3.05) is 24.5 Å². The smallest absolute Gasteiger partial charge is 0.267 e. The topological polar surface area (TPSA) is 57.9 Å². The van der Waals surface area contributed by atoms with Gasteiger partial charge < -0.3 is 4.90 Å². The predicted molar refractivity (Wildman–Crippen MR) is 138 cm³/mol. The Hall–Kier alpha value is -2.97. The Bertz CT molecular complexity index is 1300. The molecular weight excluding hydrogens is 452 g/mol. The fourth-order valence-corrected chi connectivity index (χ4v) is 5.59. The van der Waals surface area contributed by atoms with Gasteiger partial charge in [0.25, 0.3) is 11.5 Å². The minimum absolute atomic E-state index is 0.136. The van der Waals surface area contributed by atoms with Crippen molar-refractivity contribution in [1.82, 2.24) is 14.3 Å². The maximum Gasteiger partial charge on any atom is 0.267 e. The number of thiocarbonyl (C=S) groups is 1. The molecule has 8 heteroatoms. The summed E-state index contributed by atoms with van der Waals surface area (Å²) in [6.45, 7) is 2.28. The van der Waals surface area contributed by atoms with Crippen LogP contribution in [0.1, 0.15) is 30.4 Å². The van der Waals surface area contributed by atoms with Crippen molar-refractivity contribution in [2.24, 2.45) is 0 Å². The number of aryl methyl sites for hydroxylation is 1. The summed E-state index contributed by atoms with van der Waals surface area (Å²) in [5.41, 5.74) is 2.13. The molecule has 0 N–H and O–H groups in total. The van der Waals surface area contributed by atoms with E-state index in [1.807, 2.05) is 36.4 Å². The summed E-state index contributed by atoms with van der Waals surface area (Å²) in [5, 5.41) is 0. The Morgan fingerprint density at radius 3 is 2.58 bits per heavy atom. The monoisotopic (exact) mass is 476 g/mol. The number of fused-ring (bicyclic) bond motifs is 1. The first kappa shape index (κ1) is 21.9. The van der Waals surface area contributed by atoms with Gasteiger partial charge in [-0.25, -0.2) is 4.98 Å². The normalized spacial score (nSPS) is 17.6. The zero-order valence-electron chi connectivity index (χ0n) is 18.1. The molecule has 0 atom stereocenters. The number of thioether (sulfide) groups is 1. The highest BCUT2D eigenvalue weighted by molar-refractivity contribution is 8.26. The van der Waals surface area contributed by atoms with Gasteiger partial charge in [-0.3, -0.25) is 18.9 Å². The molecule has 3 aromatic rings. The van der Waals surface area contributed by atoms with Crippen LogP contribution in [0.3, 0.4) is 0 Å². The number of anilines is 1. The molecule has 0 spiro atoms. The SMILES string of the molecule is O=C1/C(=C/c2c(N3CCCC3)nc3ccccn3c2=O)SC(=S)N1CCCc1ccccc1. The van der Waals surface area contributed by atoms with Crippen molar-refractivity contribution in [1.29, 1.82) is 0 Å². The fourth-order valence-electron chi connectivity index (χ4n) is 4.30. The molecule has 0 bridgehead atoms. The molecule has 1 amide bonds. The maximum atomic E-state index is 13.4. The molecule has 5 rings (SSSR count). The molecular formula is C25H24N4O2S2. The third-order valence-electron chi connectivity index (χ3n) is 5.99. The minimum atomic E-state index is -0.170. The van der Waals surface area contributed by atoms with E-state index in [9.17, 15) is 9.59 Å². The molecule has 0 saturated carbocycles. The first-order valence-electron chi connectivity index (χ1n) is 11.2. The van der Waals surface area contributed by atoms with Crippen LogP contribution in [0.15, 0.2) is 64.4 Å². The highest BCUT2D eigenvalue weighted by Gasteiger charge is 2.32. The first-order valence-corrected chi connectivity index (χ1v) is 12.4. The van der Waals surface area contributed by atoms with E-state index in [-0.39, 0.29) is 11.5 Å². The second-order valence-electron chi connectivity index (χ2n) is 8.20. The van der Waals surface area contributed by atoms with Gasteiger partial charge in [0.05, 0.1) is 10.5 Å². The average molecular weight is 477 g/mol. The zero-order valence-corrected chi connectivity index (χ0v) is 19.8. The van der Waals surface area contributed by atoms with Crippen LogP contribution in [0, 0.1) is 0 Å². The van der Waals surface area contributed by atoms with Gasteiger partial charge in [-0.15, -0.1) is 0 Å². The lowest BCUT2D eigenvalue weighted by atomic mass is 10.1. The summed E-state index contributed by atoms with van der Waals surface area (Å²) in [5.74, 6) is 0.515. The van der Waals surface area contributed by atoms with E-state index in [1.165, 1.54) is 21.7 Å². The summed E-state index contributed by atoms with van der Waals surface area (Å²) >= 11 is 6.77. The van der Waals surface area contributed by atoms with Crippen LogP contribution in [0.25, 0.3) is 11.7 Å². The number of hydrogen-bond donors (Lipinski definition) is 0. The lowest BCUT2D eigenvalue weighted by molar-refractivity contribution is -0.122. The summed E-state index contributed by atoms with van der Waals surface area (Å²) in [7, 11) is 0. The number of carbonyl (C=O) groups is 1. The third-order valence-corrected chi connectivity index (χ3v) is 7.37. The lowest BCUT2D eigenvalue weighted by Crippen LogP contribution is -2.29. The van der Waals surface area contributed by atoms with E-state index in [4.69, 9.17) is 17.2 Å². The molecule has 6 nitrogen and oxygen atoms in total. The predicted octanol–water partition coefficient (Wildman–Crippen LogP) is 4.13. The minimum Gasteiger partial charge on any atom is -0.356 e. The molecule has 0 aliphatic carbocycles. The van der Waals surface area contributed by atoms with Crippen LogP contribution in [0.2, 0.25) is 0 Å². The van der Waals surface area contributed by atoms with Crippen LogP contribution in [-0.2, 0) is 11.2 Å². The summed E-state index contributed by atoms with van der Waals surface area (Å²) in [4.78, 5) is 35.6. The number of nitrogens with zero attached hydrogens (tertiary/aromatic N) is 4. The standard InChI is InChI=1S/C25H24N4O2S2/c30-23-19(22(27-13-6-7-14-27)26-21-12-4-5-15-28(21)23)17-20-24(31)29(25(32)33-20)16-8-11-18-9-2-1-3-10-18/h1-5,9-10,12,15,17H,6-8,11,13-14,16H2/b20-17-. The average Bonchev–Trinajstić information content (AvgIpc) is 3.46. The number of rotatable bonds is 6. The molecule has 4 heterocycles. The molecule has 2 aliphatic rings. The lowest BCUT2D eigenvalue weighted by Gasteiger charge is -2.19. The van der Waals surface area contributed by atoms with Crippen molar-refractivity contribution in [2.45, 2.75) is 25.7 Å². The zero-order chi connectivity index (χ0) is 22.8. The van der Waals surface area contributed by atoms with Crippen molar-refractivity contribution in [3.8, 4) is 0 Å². The second-order valence-corrected chi connectivity index (χ2v) is 9.88. The largest absolute Gasteiger partial charge is 0.356 e. The van der Waals surface area contributed by atoms with Crippen LogP contribution in [0.4, 0.5) is 5.82 Å². The van der Waals surface area contributed by atoms with Gasteiger partial charge in [-0.1, -0.05) is 60.4 Å². The number of amides is 1. The van der Waals surface area contributed by atoms with E-state index in [2.05, 4.69) is 17.0 Å². The van der Waals surface area contributed by atoms with Crippen molar-refractivity contribution in [3.05, 3.63) is 81.1 Å². The molecule has 0 unspecified atom stereocenters. The fraction of sp³-hybridized carbons (Fsp3) is 0.280. The molecule has 2 fully saturated rings. The molecule has 2 saturated heterocycles. The number of pyridine rings is 1. The van der Waals surface area contributed by atoms with Gasteiger partial charge in [-0.05, 0) is 49.5 Å². The molecule has 2 aliphatic heterocycles. The summed E-state index contributed by atoms with van der Waals surface area (Å²) < 4.78 is 2.07. The quantitative estimate of drug-likeness (QED) is 0.394. The van der Waals surface area contributed by atoms with Crippen molar-refractivity contribution >= 4 is 51.7 Å². The van der Waals surface area contributed by atoms with Crippen LogP contribution < -0.4 is 10.5 Å². The van der Waals surface area contributed by atoms with Gasteiger partial charge in [0.2, 0.25) is 0 Å². The number of benzene rings is 1. The highest BCUT2D eigenvalue weighted by Crippen LogP contribution is 2.34. The first-order chi connectivity index (χ1) is 16.1. The van der Waals surface area contributed by atoms with E-state index < -0.39 is 0 Å². The van der Waals surface area contributed by atoms with Gasteiger partial charge in [0, 0.05) is 25.8 Å². The maximum absolute atomic E-state index is 13.4. The van der Waals surface area contributed by atoms with Gasteiger partial charge >= 0.3 is 0 Å². The molecule has 0 radical (unpaired) electrons. The van der Waals surface area contributed by atoms with Crippen molar-refractivity contribution in [3.63, 3.8) is 0 Å². The number of carbonyl (C=O) groups excluding carboxylic acids is 1. The third kappa shape index (κ3) is 4.45. The molecule has 2 aromatic heterocycles. The van der Waals surface area contributed by atoms with E-state index in [0.717, 1.165) is 38.8 Å². The Morgan fingerprint density at radius 2 is 1.79 bits per heavy atom. The second kappa shape index (κ2) is 9.49. The van der Waals surface area contributed by atoms with Gasteiger partial charge in [0.1, 0.15) is 15.8 Å².